The van der Waals surface area contributed by atoms with E-state index in [-0.39, 0.29) is 0 Å². The van der Waals surface area contributed by atoms with Crippen LogP contribution in [0, 0.1) is 0 Å². The topological polar surface area (TPSA) is 29.3 Å². The first-order chi connectivity index (χ1) is 7.69. The van der Waals surface area contributed by atoms with E-state index >= 15 is 0 Å². The summed E-state index contributed by atoms with van der Waals surface area (Å²) in [5.74, 6) is 0. The molecular weight excluding hydrogens is 264 g/mol. The third-order valence-corrected chi connectivity index (χ3v) is 3.21. The minimum Gasteiger partial charge on any atom is -0.374 e. The Hall–Kier alpha value is -0.540. The zero-order valence-corrected chi connectivity index (χ0v) is 11.8. The number of halogens is 1. The van der Waals surface area contributed by atoms with Crippen molar-refractivity contribution in [1.29, 1.82) is 0 Å². The number of nitrogens with two attached hydrogens (primary N) is 1. The highest BCUT2D eigenvalue weighted by atomic mass is 79.9. The molecule has 0 aliphatic heterocycles. The van der Waals surface area contributed by atoms with Crippen molar-refractivity contribution >= 4 is 21.6 Å². The highest BCUT2D eigenvalue weighted by Crippen LogP contribution is 2.25. The van der Waals surface area contributed by atoms with Crippen LogP contribution in [0.4, 0.5) is 5.69 Å². The van der Waals surface area contributed by atoms with E-state index in [1.54, 1.807) is 0 Å². The summed E-state index contributed by atoms with van der Waals surface area (Å²) in [6, 6.07) is 6.43. The van der Waals surface area contributed by atoms with Crippen molar-refractivity contribution in [3.05, 3.63) is 28.2 Å². The van der Waals surface area contributed by atoms with Crippen LogP contribution in [0.1, 0.15) is 25.3 Å². The van der Waals surface area contributed by atoms with Crippen LogP contribution in [0.25, 0.3) is 0 Å². The van der Waals surface area contributed by atoms with E-state index in [9.17, 15) is 0 Å². The largest absolute Gasteiger partial charge is 0.374 e. The molecule has 0 atom stereocenters. The first-order valence-electron chi connectivity index (χ1n) is 5.88. The van der Waals surface area contributed by atoms with Gasteiger partial charge in [-0.05, 0) is 37.1 Å². The summed E-state index contributed by atoms with van der Waals surface area (Å²) in [6.07, 6.45) is 3.40. The van der Waals surface area contributed by atoms with Crippen molar-refractivity contribution in [3.63, 3.8) is 0 Å². The summed E-state index contributed by atoms with van der Waals surface area (Å²) in [7, 11) is 2.15. The van der Waals surface area contributed by atoms with E-state index in [1.807, 2.05) is 0 Å². The number of hydrogen-bond donors (Lipinski definition) is 1. The Morgan fingerprint density at radius 3 is 2.75 bits per heavy atom. The average Bonchev–Trinajstić information content (AvgIpc) is 2.28. The lowest BCUT2D eigenvalue weighted by Crippen LogP contribution is -2.20. The van der Waals surface area contributed by atoms with E-state index in [2.05, 4.69) is 53.0 Å². The lowest BCUT2D eigenvalue weighted by atomic mass is 10.1. The van der Waals surface area contributed by atoms with E-state index in [4.69, 9.17) is 5.73 Å². The molecule has 16 heavy (non-hydrogen) atoms. The fraction of sp³-hybridized carbons (Fsp3) is 0.538. The van der Waals surface area contributed by atoms with Gasteiger partial charge >= 0.3 is 0 Å². The minimum absolute atomic E-state index is 0.705. The van der Waals surface area contributed by atoms with Gasteiger partial charge in [0, 0.05) is 23.8 Å². The van der Waals surface area contributed by atoms with Gasteiger partial charge in [0.25, 0.3) is 0 Å². The molecule has 3 heteroatoms. The Bertz CT molecular complexity index is 326. The van der Waals surface area contributed by atoms with Crippen LogP contribution in [0.5, 0.6) is 0 Å². The monoisotopic (exact) mass is 284 g/mol. The number of rotatable bonds is 6. The quantitative estimate of drug-likeness (QED) is 0.869. The molecular formula is C13H21BrN2. The molecule has 1 aromatic rings. The number of hydrogen-bond acceptors (Lipinski definition) is 2. The number of nitrogens with zero attached hydrogens (tertiary/aromatic N) is 1. The van der Waals surface area contributed by atoms with Crippen LogP contribution in [-0.4, -0.2) is 20.1 Å². The third-order valence-electron chi connectivity index (χ3n) is 2.72. The van der Waals surface area contributed by atoms with Gasteiger partial charge < -0.3 is 10.6 Å². The second-order valence-corrected chi connectivity index (χ2v) is 5.00. The molecule has 2 N–H and O–H groups in total. The molecule has 0 unspecified atom stereocenters. The maximum absolute atomic E-state index is 5.64. The predicted octanol–water partition coefficient (Wildman–Crippen LogP) is 3.19. The number of benzene rings is 1. The summed E-state index contributed by atoms with van der Waals surface area (Å²) in [5.41, 5.74) is 8.27. The van der Waals surface area contributed by atoms with Crippen LogP contribution in [0.15, 0.2) is 22.7 Å². The van der Waals surface area contributed by atoms with Gasteiger partial charge in [-0.3, -0.25) is 0 Å². The lowest BCUT2D eigenvalue weighted by molar-refractivity contribution is 0.762. The van der Waals surface area contributed by atoms with Gasteiger partial charge in [-0.25, -0.2) is 0 Å². The SMILES string of the molecule is CCCCN(C)c1cc(Br)ccc1CCN. The Kier molecular flexibility index (Phi) is 5.85. The Morgan fingerprint density at radius 2 is 2.12 bits per heavy atom. The lowest BCUT2D eigenvalue weighted by Gasteiger charge is -2.22. The van der Waals surface area contributed by atoms with E-state index in [0.29, 0.717) is 6.54 Å². The Morgan fingerprint density at radius 1 is 1.38 bits per heavy atom. The standard InChI is InChI=1S/C13H21BrN2/c1-3-4-9-16(2)13-10-12(14)6-5-11(13)7-8-15/h5-6,10H,3-4,7-9,15H2,1-2H3. The van der Waals surface area contributed by atoms with Crippen molar-refractivity contribution in [1.82, 2.24) is 0 Å². The Balaban J connectivity index is 2.85. The fourth-order valence-corrected chi connectivity index (χ4v) is 2.12. The zero-order valence-electron chi connectivity index (χ0n) is 10.2. The van der Waals surface area contributed by atoms with Gasteiger partial charge in [0.2, 0.25) is 0 Å². The molecule has 1 rings (SSSR count). The van der Waals surface area contributed by atoms with Crippen molar-refractivity contribution in [3.8, 4) is 0 Å². The summed E-state index contributed by atoms with van der Waals surface area (Å²) >= 11 is 3.53. The van der Waals surface area contributed by atoms with Crippen molar-refractivity contribution < 1.29 is 0 Å². The fourth-order valence-electron chi connectivity index (χ4n) is 1.77. The predicted molar refractivity (Wildman–Crippen MR) is 75.1 cm³/mol. The summed E-state index contributed by atoms with van der Waals surface area (Å²) < 4.78 is 1.13. The zero-order chi connectivity index (χ0) is 12.0. The van der Waals surface area contributed by atoms with Gasteiger partial charge in [0.15, 0.2) is 0 Å². The van der Waals surface area contributed by atoms with E-state index < -0.39 is 0 Å². The average molecular weight is 285 g/mol. The summed E-state index contributed by atoms with van der Waals surface area (Å²) in [5, 5.41) is 0. The van der Waals surface area contributed by atoms with Crippen LogP contribution in [0.3, 0.4) is 0 Å². The first kappa shape index (κ1) is 13.5. The molecule has 0 amide bonds. The molecule has 0 aromatic heterocycles. The van der Waals surface area contributed by atoms with Gasteiger partial charge in [0.1, 0.15) is 0 Å². The second kappa shape index (κ2) is 6.92. The molecule has 0 radical (unpaired) electrons. The maximum atomic E-state index is 5.64. The van der Waals surface area contributed by atoms with E-state index in [1.165, 1.54) is 24.1 Å². The molecule has 0 saturated heterocycles. The van der Waals surface area contributed by atoms with Crippen LogP contribution >= 0.6 is 15.9 Å². The molecule has 0 fully saturated rings. The van der Waals surface area contributed by atoms with Gasteiger partial charge in [-0.2, -0.15) is 0 Å². The maximum Gasteiger partial charge on any atom is 0.0407 e. The molecule has 0 bridgehead atoms. The third kappa shape index (κ3) is 3.80. The molecule has 2 nitrogen and oxygen atoms in total. The Labute approximate surface area is 107 Å². The van der Waals surface area contributed by atoms with Crippen molar-refractivity contribution in [2.45, 2.75) is 26.2 Å². The van der Waals surface area contributed by atoms with Crippen molar-refractivity contribution in [2.75, 3.05) is 25.0 Å². The molecule has 0 spiro atoms. The highest BCUT2D eigenvalue weighted by Gasteiger charge is 2.07. The molecule has 0 saturated carbocycles. The molecule has 0 heterocycles. The molecule has 0 aliphatic carbocycles. The van der Waals surface area contributed by atoms with Gasteiger partial charge in [-0.1, -0.05) is 35.3 Å². The van der Waals surface area contributed by atoms with Gasteiger partial charge in [0.05, 0.1) is 0 Å². The van der Waals surface area contributed by atoms with Crippen LogP contribution in [0.2, 0.25) is 0 Å². The van der Waals surface area contributed by atoms with Crippen LogP contribution < -0.4 is 10.6 Å². The smallest absolute Gasteiger partial charge is 0.0407 e. The van der Waals surface area contributed by atoms with E-state index in [0.717, 1.165) is 17.4 Å². The molecule has 0 aliphatic rings. The first-order valence-corrected chi connectivity index (χ1v) is 6.68. The minimum atomic E-state index is 0.705. The molecule has 90 valence electrons. The van der Waals surface area contributed by atoms with Crippen molar-refractivity contribution in [2.24, 2.45) is 5.73 Å². The van der Waals surface area contributed by atoms with Crippen LogP contribution in [-0.2, 0) is 6.42 Å². The molecule has 1 aromatic carbocycles. The number of anilines is 1. The highest BCUT2D eigenvalue weighted by molar-refractivity contribution is 9.10. The normalized spacial score (nSPS) is 10.5. The van der Waals surface area contributed by atoms with Gasteiger partial charge in [-0.15, -0.1) is 0 Å². The summed E-state index contributed by atoms with van der Waals surface area (Å²) in [4.78, 5) is 2.32. The second-order valence-electron chi connectivity index (χ2n) is 4.09. The number of unbranched alkanes of at least 4 members (excludes halogenated alkanes) is 1. The summed E-state index contributed by atoms with van der Waals surface area (Å²) in [6.45, 7) is 4.02.